The molecule has 1 heterocycles. The zero-order valence-electron chi connectivity index (χ0n) is 8.53. The molecule has 0 amide bonds. The lowest BCUT2D eigenvalue weighted by Gasteiger charge is -2.19. The number of hydrazine groups is 1. The van der Waals surface area contributed by atoms with Gasteiger partial charge in [0, 0.05) is 25.7 Å². The monoisotopic (exact) mass is 196 g/mol. The molecule has 0 aliphatic heterocycles. The largest absolute Gasteiger partial charge is 0.472 e. The summed E-state index contributed by atoms with van der Waals surface area (Å²) in [5.41, 5.74) is 3.65. The number of nitrogens with two attached hydrogens (primary N) is 1. The summed E-state index contributed by atoms with van der Waals surface area (Å²) in [4.78, 5) is 6.12. The first-order valence-corrected chi connectivity index (χ1v) is 4.51. The van der Waals surface area contributed by atoms with Crippen molar-refractivity contribution in [1.29, 1.82) is 0 Å². The molecule has 0 atom stereocenters. The van der Waals surface area contributed by atoms with Crippen LogP contribution in [0, 0.1) is 0 Å². The standard InChI is InChI=1S/C9H16N4O/c1-3-11-9(12-10)13(2)6-8-4-5-14-7-8/h4-5,7H,3,6,10H2,1-2H3,(H,11,12). The molecule has 0 radical (unpaired) electrons. The molecule has 5 heteroatoms. The van der Waals surface area contributed by atoms with Crippen LogP contribution >= 0.6 is 0 Å². The van der Waals surface area contributed by atoms with Crippen LogP contribution < -0.4 is 11.3 Å². The Kier molecular flexibility index (Phi) is 4.00. The average Bonchev–Trinajstić information content (AvgIpc) is 2.66. The van der Waals surface area contributed by atoms with E-state index in [0.717, 1.165) is 12.1 Å². The Morgan fingerprint density at radius 1 is 1.71 bits per heavy atom. The molecule has 0 unspecified atom stereocenters. The maximum Gasteiger partial charge on any atom is 0.208 e. The number of rotatable bonds is 3. The molecule has 5 nitrogen and oxygen atoms in total. The number of hydrogen-bond acceptors (Lipinski definition) is 3. The maximum atomic E-state index is 5.34. The smallest absolute Gasteiger partial charge is 0.208 e. The van der Waals surface area contributed by atoms with Gasteiger partial charge in [0.15, 0.2) is 0 Å². The number of guanidine groups is 1. The summed E-state index contributed by atoms with van der Waals surface area (Å²) in [6, 6.07) is 1.91. The van der Waals surface area contributed by atoms with E-state index in [1.165, 1.54) is 0 Å². The van der Waals surface area contributed by atoms with Gasteiger partial charge in [-0.25, -0.2) is 5.84 Å². The third-order valence-electron chi connectivity index (χ3n) is 1.80. The molecule has 78 valence electrons. The second-order valence-electron chi connectivity index (χ2n) is 2.93. The Morgan fingerprint density at radius 3 is 3.00 bits per heavy atom. The number of hydrogen-bond donors (Lipinski definition) is 2. The van der Waals surface area contributed by atoms with E-state index in [4.69, 9.17) is 10.3 Å². The van der Waals surface area contributed by atoms with Gasteiger partial charge in [0.25, 0.3) is 0 Å². The Hall–Kier alpha value is -1.49. The van der Waals surface area contributed by atoms with E-state index in [-0.39, 0.29) is 0 Å². The van der Waals surface area contributed by atoms with Crippen molar-refractivity contribution in [3.8, 4) is 0 Å². The van der Waals surface area contributed by atoms with Crippen LogP contribution in [0.5, 0.6) is 0 Å². The Morgan fingerprint density at radius 2 is 2.50 bits per heavy atom. The molecular weight excluding hydrogens is 180 g/mol. The fourth-order valence-electron chi connectivity index (χ4n) is 1.16. The third-order valence-corrected chi connectivity index (χ3v) is 1.80. The van der Waals surface area contributed by atoms with Gasteiger partial charge < -0.3 is 9.32 Å². The van der Waals surface area contributed by atoms with E-state index in [2.05, 4.69) is 10.4 Å². The molecule has 0 aromatic carbocycles. The average molecular weight is 196 g/mol. The van der Waals surface area contributed by atoms with Crippen molar-refractivity contribution in [2.75, 3.05) is 13.6 Å². The van der Waals surface area contributed by atoms with Gasteiger partial charge >= 0.3 is 0 Å². The Labute approximate surface area is 83.6 Å². The fourth-order valence-corrected chi connectivity index (χ4v) is 1.16. The van der Waals surface area contributed by atoms with Gasteiger partial charge in [0.2, 0.25) is 5.96 Å². The Bertz CT molecular complexity index is 281. The molecule has 1 aromatic heterocycles. The molecule has 14 heavy (non-hydrogen) atoms. The lowest BCUT2D eigenvalue weighted by atomic mass is 10.3. The predicted octanol–water partition coefficient (Wildman–Crippen LogP) is 0.551. The minimum absolute atomic E-state index is 0.675. The SMILES string of the molecule is CCN=C(NN)N(C)Cc1ccoc1. The van der Waals surface area contributed by atoms with E-state index in [0.29, 0.717) is 12.5 Å². The lowest BCUT2D eigenvalue weighted by Crippen LogP contribution is -2.42. The highest BCUT2D eigenvalue weighted by molar-refractivity contribution is 5.79. The second kappa shape index (κ2) is 5.29. The second-order valence-corrected chi connectivity index (χ2v) is 2.93. The van der Waals surface area contributed by atoms with Crippen LogP contribution in [0.15, 0.2) is 28.0 Å². The lowest BCUT2D eigenvalue weighted by molar-refractivity contribution is 0.471. The van der Waals surface area contributed by atoms with Gasteiger partial charge in [-0.3, -0.25) is 10.4 Å². The molecular formula is C9H16N4O. The number of aliphatic imine (C=N–C) groups is 1. The quantitative estimate of drug-likeness (QED) is 0.321. The molecule has 0 aliphatic rings. The highest BCUT2D eigenvalue weighted by Gasteiger charge is 2.05. The molecule has 3 N–H and O–H groups in total. The summed E-state index contributed by atoms with van der Waals surface area (Å²) < 4.78 is 4.97. The molecule has 0 aliphatic carbocycles. The van der Waals surface area contributed by atoms with E-state index in [9.17, 15) is 0 Å². The number of nitrogens with one attached hydrogen (secondary N) is 1. The highest BCUT2D eigenvalue weighted by atomic mass is 16.3. The van der Waals surface area contributed by atoms with Gasteiger partial charge in [0.1, 0.15) is 0 Å². The molecule has 0 saturated heterocycles. The van der Waals surface area contributed by atoms with Gasteiger partial charge in [-0.2, -0.15) is 0 Å². The molecule has 0 spiro atoms. The minimum atomic E-state index is 0.675. The summed E-state index contributed by atoms with van der Waals surface area (Å²) in [7, 11) is 1.92. The highest BCUT2D eigenvalue weighted by Crippen LogP contribution is 2.03. The zero-order chi connectivity index (χ0) is 10.4. The minimum Gasteiger partial charge on any atom is -0.472 e. The van der Waals surface area contributed by atoms with Crippen molar-refractivity contribution in [3.63, 3.8) is 0 Å². The van der Waals surface area contributed by atoms with Crippen LogP contribution in [0.1, 0.15) is 12.5 Å². The molecule has 0 fully saturated rings. The van der Waals surface area contributed by atoms with Crippen molar-refractivity contribution >= 4 is 5.96 Å². The third kappa shape index (κ3) is 2.77. The van der Waals surface area contributed by atoms with Crippen molar-refractivity contribution in [1.82, 2.24) is 10.3 Å². The summed E-state index contributed by atoms with van der Waals surface area (Å²) in [5.74, 6) is 6.02. The van der Waals surface area contributed by atoms with E-state index < -0.39 is 0 Å². The maximum absolute atomic E-state index is 5.34. The first kappa shape index (κ1) is 10.6. The zero-order valence-corrected chi connectivity index (χ0v) is 8.53. The van der Waals surface area contributed by atoms with Crippen molar-refractivity contribution < 1.29 is 4.42 Å². The molecule has 1 rings (SSSR count). The van der Waals surface area contributed by atoms with Crippen LogP contribution in [0.25, 0.3) is 0 Å². The van der Waals surface area contributed by atoms with Crippen LogP contribution in [0.2, 0.25) is 0 Å². The topological polar surface area (TPSA) is 66.8 Å². The van der Waals surface area contributed by atoms with E-state index >= 15 is 0 Å². The van der Waals surface area contributed by atoms with Gasteiger partial charge in [-0.05, 0) is 13.0 Å². The van der Waals surface area contributed by atoms with Crippen molar-refractivity contribution in [2.24, 2.45) is 10.8 Å². The van der Waals surface area contributed by atoms with Crippen LogP contribution in [-0.4, -0.2) is 24.5 Å². The normalized spacial score (nSPS) is 11.5. The molecule has 1 aromatic rings. The van der Waals surface area contributed by atoms with Gasteiger partial charge in [-0.15, -0.1) is 0 Å². The van der Waals surface area contributed by atoms with Crippen LogP contribution in [-0.2, 0) is 6.54 Å². The fraction of sp³-hybridized carbons (Fsp3) is 0.444. The van der Waals surface area contributed by atoms with Crippen molar-refractivity contribution in [3.05, 3.63) is 24.2 Å². The van der Waals surface area contributed by atoms with E-state index in [1.807, 2.05) is 24.9 Å². The van der Waals surface area contributed by atoms with Gasteiger partial charge in [-0.1, -0.05) is 0 Å². The summed E-state index contributed by atoms with van der Waals surface area (Å²) in [6.07, 6.45) is 3.35. The van der Waals surface area contributed by atoms with Gasteiger partial charge in [0.05, 0.1) is 12.5 Å². The van der Waals surface area contributed by atoms with Crippen molar-refractivity contribution in [2.45, 2.75) is 13.5 Å². The predicted molar refractivity (Wildman–Crippen MR) is 55.5 cm³/mol. The molecule has 0 bridgehead atoms. The van der Waals surface area contributed by atoms with Crippen LogP contribution in [0.3, 0.4) is 0 Å². The Balaban J connectivity index is 2.56. The first-order chi connectivity index (χ1) is 6.77. The summed E-state index contributed by atoms with van der Waals surface area (Å²) in [5, 5.41) is 0. The first-order valence-electron chi connectivity index (χ1n) is 4.51. The summed E-state index contributed by atoms with van der Waals surface area (Å²) >= 11 is 0. The number of furan rings is 1. The van der Waals surface area contributed by atoms with Crippen LogP contribution in [0.4, 0.5) is 0 Å². The summed E-state index contributed by atoms with van der Waals surface area (Å²) in [6.45, 7) is 3.39. The number of nitrogens with zero attached hydrogens (tertiary/aromatic N) is 2. The molecule has 0 saturated carbocycles. The van der Waals surface area contributed by atoms with E-state index in [1.54, 1.807) is 12.5 Å².